The van der Waals surface area contributed by atoms with Gasteiger partial charge in [-0.25, -0.2) is 9.97 Å². The van der Waals surface area contributed by atoms with Gasteiger partial charge in [0.2, 0.25) is 0 Å². The summed E-state index contributed by atoms with van der Waals surface area (Å²) >= 11 is 0. The van der Waals surface area contributed by atoms with Crippen molar-refractivity contribution in [2.24, 2.45) is 5.41 Å². The van der Waals surface area contributed by atoms with Gasteiger partial charge in [-0.3, -0.25) is 4.90 Å². The Morgan fingerprint density at radius 1 is 1.30 bits per heavy atom. The topological polar surface area (TPSA) is 52.5 Å². The van der Waals surface area contributed by atoms with Crippen LogP contribution in [0.3, 0.4) is 0 Å². The number of fused-ring (bicyclic) bond motifs is 1. The highest BCUT2D eigenvalue weighted by molar-refractivity contribution is 5.05. The van der Waals surface area contributed by atoms with Gasteiger partial charge in [-0.2, -0.15) is 0 Å². The molecule has 5 heteroatoms. The fourth-order valence-corrected chi connectivity index (χ4v) is 3.89. The number of hydrogen-bond acceptors (Lipinski definition) is 5. The molecule has 20 heavy (non-hydrogen) atoms. The molecule has 2 aliphatic rings. The molecule has 0 aromatic carbocycles. The van der Waals surface area contributed by atoms with Gasteiger partial charge in [0.05, 0.1) is 6.61 Å². The molecule has 2 aliphatic heterocycles. The van der Waals surface area contributed by atoms with E-state index < -0.39 is 0 Å². The molecule has 0 unspecified atom stereocenters. The second-order valence-corrected chi connectivity index (χ2v) is 6.35. The Hall–Kier alpha value is -1.04. The van der Waals surface area contributed by atoms with Gasteiger partial charge in [0, 0.05) is 42.5 Å². The van der Waals surface area contributed by atoms with Gasteiger partial charge in [-0.15, -0.1) is 0 Å². The molecular weight excluding hydrogens is 252 g/mol. The maximum absolute atomic E-state index is 9.91. The maximum Gasteiger partial charge on any atom is 0.115 e. The van der Waals surface area contributed by atoms with Crippen molar-refractivity contribution in [2.45, 2.75) is 31.8 Å². The lowest BCUT2D eigenvalue weighted by atomic mass is 9.69. The Morgan fingerprint density at radius 2 is 2.10 bits per heavy atom. The number of likely N-dealkylation sites (N-methyl/N-ethyl adjacent to an activating group) is 1. The minimum atomic E-state index is 0.122. The first kappa shape index (κ1) is 13.9. The summed E-state index contributed by atoms with van der Waals surface area (Å²) < 4.78 is 0. The highest BCUT2D eigenvalue weighted by Gasteiger charge is 2.46. The molecule has 3 rings (SSSR count). The van der Waals surface area contributed by atoms with Gasteiger partial charge in [0.25, 0.3) is 0 Å². The number of likely N-dealkylation sites (tertiary alicyclic amines) is 2. The normalized spacial score (nSPS) is 32.0. The quantitative estimate of drug-likeness (QED) is 0.883. The van der Waals surface area contributed by atoms with E-state index in [1.807, 2.05) is 12.4 Å². The Kier molecular flexibility index (Phi) is 4.01. The molecule has 0 spiro atoms. The van der Waals surface area contributed by atoms with Crippen molar-refractivity contribution >= 4 is 0 Å². The van der Waals surface area contributed by atoms with E-state index in [0.717, 1.165) is 32.6 Å². The second kappa shape index (κ2) is 5.76. The summed E-state index contributed by atoms with van der Waals surface area (Å²) in [6.07, 6.45) is 8.83. The lowest BCUT2D eigenvalue weighted by molar-refractivity contribution is -0.0684. The van der Waals surface area contributed by atoms with Crippen molar-refractivity contribution in [3.05, 3.63) is 24.3 Å². The average molecular weight is 276 g/mol. The summed E-state index contributed by atoms with van der Waals surface area (Å²) in [5.41, 5.74) is 1.29. The molecule has 3 heterocycles. The van der Waals surface area contributed by atoms with Crippen LogP contribution in [-0.2, 0) is 6.54 Å². The van der Waals surface area contributed by atoms with E-state index in [-0.39, 0.29) is 5.41 Å². The number of aromatic nitrogens is 2. The number of aliphatic hydroxyl groups excluding tert-OH is 1. The summed E-state index contributed by atoms with van der Waals surface area (Å²) in [5, 5.41) is 9.91. The summed E-state index contributed by atoms with van der Waals surface area (Å²) in [6, 6.07) is 0.472. The predicted molar refractivity (Wildman–Crippen MR) is 77.1 cm³/mol. The van der Waals surface area contributed by atoms with Gasteiger partial charge in [-0.05, 0) is 39.4 Å². The molecule has 2 saturated heterocycles. The van der Waals surface area contributed by atoms with Crippen LogP contribution in [0.4, 0.5) is 0 Å². The molecule has 0 saturated carbocycles. The van der Waals surface area contributed by atoms with Crippen LogP contribution in [0.5, 0.6) is 0 Å². The lowest BCUT2D eigenvalue weighted by Crippen LogP contribution is -2.61. The van der Waals surface area contributed by atoms with Crippen molar-refractivity contribution in [2.75, 3.05) is 33.3 Å². The molecular formula is C15H24N4O. The lowest BCUT2D eigenvalue weighted by Gasteiger charge is -2.53. The largest absolute Gasteiger partial charge is 0.396 e. The molecule has 0 aliphatic carbocycles. The molecule has 2 fully saturated rings. The highest BCUT2D eigenvalue weighted by atomic mass is 16.3. The van der Waals surface area contributed by atoms with E-state index in [1.54, 1.807) is 6.33 Å². The van der Waals surface area contributed by atoms with Crippen molar-refractivity contribution in [3.63, 3.8) is 0 Å². The first-order valence-electron chi connectivity index (χ1n) is 7.51. The molecule has 2 atom stereocenters. The molecule has 110 valence electrons. The van der Waals surface area contributed by atoms with Crippen LogP contribution in [0.25, 0.3) is 0 Å². The number of piperidine rings is 2. The van der Waals surface area contributed by atoms with Crippen LogP contribution in [0.1, 0.15) is 24.8 Å². The highest BCUT2D eigenvalue weighted by Crippen LogP contribution is 2.41. The molecule has 1 aromatic rings. The fourth-order valence-electron chi connectivity index (χ4n) is 3.89. The van der Waals surface area contributed by atoms with Gasteiger partial charge in [0.15, 0.2) is 0 Å². The van der Waals surface area contributed by atoms with E-state index >= 15 is 0 Å². The Labute approximate surface area is 120 Å². The second-order valence-electron chi connectivity index (χ2n) is 6.35. The zero-order valence-corrected chi connectivity index (χ0v) is 12.2. The first-order chi connectivity index (χ1) is 9.73. The van der Waals surface area contributed by atoms with Crippen molar-refractivity contribution in [3.8, 4) is 0 Å². The summed E-state index contributed by atoms with van der Waals surface area (Å²) in [5.74, 6) is 0. The predicted octanol–water partition coefficient (Wildman–Crippen LogP) is 0.755. The van der Waals surface area contributed by atoms with Crippen molar-refractivity contribution in [1.82, 2.24) is 19.8 Å². The van der Waals surface area contributed by atoms with Crippen LogP contribution in [0.15, 0.2) is 18.7 Å². The fraction of sp³-hybridized carbons (Fsp3) is 0.733. The van der Waals surface area contributed by atoms with Crippen LogP contribution in [-0.4, -0.2) is 64.2 Å². The smallest absolute Gasteiger partial charge is 0.115 e. The third kappa shape index (κ3) is 2.57. The Balaban J connectivity index is 1.70. The summed E-state index contributed by atoms with van der Waals surface area (Å²) in [4.78, 5) is 13.1. The Morgan fingerprint density at radius 3 is 2.85 bits per heavy atom. The van der Waals surface area contributed by atoms with Crippen LogP contribution in [0.2, 0.25) is 0 Å². The van der Waals surface area contributed by atoms with Gasteiger partial charge >= 0.3 is 0 Å². The van der Waals surface area contributed by atoms with E-state index in [2.05, 4.69) is 26.8 Å². The Bertz CT molecular complexity index is 441. The maximum atomic E-state index is 9.91. The molecule has 5 nitrogen and oxygen atoms in total. The summed E-state index contributed by atoms with van der Waals surface area (Å²) in [7, 11) is 2.20. The van der Waals surface area contributed by atoms with Gasteiger partial charge in [-0.1, -0.05) is 0 Å². The van der Waals surface area contributed by atoms with Crippen LogP contribution >= 0.6 is 0 Å². The van der Waals surface area contributed by atoms with E-state index in [4.69, 9.17) is 0 Å². The average Bonchev–Trinajstić information content (AvgIpc) is 2.49. The standard InChI is InChI=1S/C15H24N4O/c1-18-5-2-3-15(11-20)4-6-19(10-14(15)18)9-13-7-16-12-17-8-13/h7-8,12,14,20H,2-6,9-11H2,1H3/t14-,15-/m1/s1. The third-order valence-electron chi connectivity index (χ3n) is 5.12. The van der Waals surface area contributed by atoms with Crippen LogP contribution < -0.4 is 0 Å². The third-order valence-corrected chi connectivity index (χ3v) is 5.12. The van der Waals surface area contributed by atoms with E-state index in [9.17, 15) is 5.11 Å². The van der Waals surface area contributed by atoms with Crippen LogP contribution in [0, 0.1) is 5.41 Å². The summed E-state index contributed by atoms with van der Waals surface area (Å²) in [6.45, 7) is 4.47. The molecule has 0 amide bonds. The minimum absolute atomic E-state index is 0.122. The van der Waals surface area contributed by atoms with Gasteiger partial charge in [0.1, 0.15) is 6.33 Å². The zero-order chi connectivity index (χ0) is 14.0. The number of rotatable bonds is 3. The van der Waals surface area contributed by atoms with Crippen molar-refractivity contribution in [1.29, 1.82) is 0 Å². The molecule has 0 radical (unpaired) electrons. The first-order valence-corrected chi connectivity index (χ1v) is 7.51. The molecule has 1 N–H and O–H groups in total. The van der Waals surface area contributed by atoms with E-state index in [1.165, 1.54) is 18.4 Å². The molecule has 0 bridgehead atoms. The SMILES string of the molecule is CN1CCC[C@]2(CO)CCN(Cc3cncnc3)C[C@@H]12. The number of aliphatic hydroxyl groups is 1. The zero-order valence-electron chi connectivity index (χ0n) is 12.2. The minimum Gasteiger partial charge on any atom is -0.396 e. The number of hydrogen-bond donors (Lipinski definition) is 1. The molecule has 1 aromatic heterocycles. The monoisotopic (exact) mass is 276 g/mol. The number of nitrogens with zero attached hydrogens (tertiary/aromatic N) is 4. The van der Waals surface area contributed by atoms with Crippen molar-refractivity contribution < 1.29 is 5.11 Å². The van der Waals surface area contributed by atoms with E-state index in [0.29, 0.717) is 12.6 Å². The van der Waals surface area contributed by atoms with Gasteiger partial charge < -0.3 is 10.0 Å².